The van der Waals surface area contributed by atoms with E-state index in [-0.39, 0.29) is 6.09 Å². The summed E-state index contributed by atoms with van der Waals surface area (Å²) in [6.45, 7) is 9.07. The highest BCUT2D eigenvalue weighted by atomic mass is 16.6. The van der Waals surface area contributed by atoms with Gasteiger partial charge in [-0.2, -0.15) is 5.10 Å². The summed E-state index contributed by atoms with van der Waals surface area (Å²) < 4.78 is 7.18. The first-order valence-corrected chi connectivity index (χ1v) is 6.25. The van der Waals surface area contributed by atoms with Gasteiger partial charge in [-0.3, -0.25) is 4.68 Å². The van der Waals surface area contributed by atoms with Crippen LogP contribution in [0.4, 0.5) is 4.79 Å². The van der Waals surface area contributed by atoms with Gasteiger partial charge in [0.1, 0.15) is 5.60 Å². The average molecular weight is 251 g/mol. The van der Waals surface area contributed by atoms with Gasteiger partial charge in [-0.05, 0) is 33.8 Å². The molecule has 1 saturated heterocycles. The van der Waals surface area contributed by atoms with Gasteiger partial charge in [-0.1, -0.05) is 0 Å². The predicted molar refractivity (Wildman–Crippen MR) is 68.5 cm³/mol. The minimum Gasteiger partial charge on any atom is -0.444 e. The molecule has 1 aromatic heterocycles. The molecule has 2 heterocycles. The van der Waals surface area contributed by atoms with Gasteiger partial charge in [0.2, 0.25) is 0 Å². The average Bonchev–Trinajstić information content (AvgIpc) is 2.40. The molecule has 0 bridgehead atoms. The molecule has 1 fully saturated rings. The zero-order valence-electron chi connectivity index (χ0n) is 11.7. The number of nitrogens with zero attached hydrogens (tertiary/aromatic N) is 3. The van der Waals surface area contributed by atoms with Crippen LogP contribution in [-0.2, 0) is 11.8 Å². The molecule has 0 radical (unpaired) electrons. The largest absolute Gasteiger partial charge is 0.444 e. The van der Waals surface area contributed by atoms with E-state index < -0.39 is 5.60 Å². The molecule has 0 unspecified atom stereocenters. The molecule has 2 rings (SSSR count). The molecular formula is C13H21N3O2. The molecule has 1 aromatic rings. The lowest BCUT2D eigenvalue weighted by Crippen LogP contribution is -2.50. The first kappa shape index (κ1) is 12.9. The second kappa shape index (κ2) is 4.30. The monoisotopic (exact) mass is 251 g/mol. The number of carbonyl (C=O) groups is 1. The SMILES string of the molecule is Cc1cc(C2CN(C(=O)OC(C)(C)C)C2)nn1C. The third kappa shape index (κ3) is 2.66. The van der Waals surface area contributed by atoms with E-state index in [4.69, 9.17) is 4.74 Å². The Balaban J connectivity index is 1.89. The summed E-state index contributed by atoms with van der Waals surface area (Å²) in [5, 5.41) is 4.44. The third-order valence-corrected chi connectivity index (χ3v) is 3.08. The maximum atomic E-state index is 11.8. The summed E-state index contributed by atoms with van der Waals surface area (Å²) in [4.78, 5) is 13.5. The smallest absolute Gasteiger partial charge is 0.410 e. The summed E-state index contributed by atoms with van der Waals surface area (Å²) in [7, 11) is 1.93. The van der Waals surface area contributed by atoms with Gasteiger partial charge in [0, 0.05) is 31.7 Å². The van der Waals surface area contributed by atoms with Crippen molar-refractivity contribution in [2.75, 3.05) is 13.1 Å². The lowest BCUT2D eigenvalue weighted by molar-refractivity contribution is 0.00784. The van der Waals surface area contributed by atoms with Gasteiger partial charge in [0.15, 0.2) is 0 Å². The number of aryl methyl sites for hydroxylation is 2. The van der Waals surface area contributed by atoms with Crippen LogP contribution in [0.2, 0.25) is 0 Å². The summed E-state index contributed by atoms with van der Waals surface area (Å²) >= 11 is 0. The van der Waals surface area contributed by atoms with Crippen LogP contribution in [0.1, 0.15) is 38.1 Å². The number of aromatic nitrogens is 2. The number of carbonyl (C=O) groups excluding carboxylic acids is 1. The van der Waals surface area contributed by atoms with E-state index in [9.17, 15) is 4.79 Å². The lowest BCUT2D eigenvalue weighted by atomic mass is 9.97. The van der Waals surface area contributed by atoms with Crippen molar-refractivity contribution < 1.29 is 9.53 Å². The summed E-state index contributed by atoms with van der Waals surface area (Å²) in [6.07, 6.45) is -0.230. The summed E-state index contributed by atoms with van der Waals surface area (Å²) in [6, 6.07) is 2.08. The van der Waals surface area contributed by atoms with Crippen LogP contribution in [0, 0.1) is 6.92 Å². The molecule has 0 aliphatic carbocycles. The molecule has 0 atom stereocenters. The first-order chi connectivity index (χ1) is 8.26. The van der Waals surface area contributed by atoms with Crippen LogP contribution in [0.25, 0.3) is 0 Å². The molecule has 5 heteroatoms. The highest BCUT2D eigenvalue weighted by Crippen LogP contribution is 2.27. The topological polar surface area (TPSA) is 47.4 Å². The highest BCUT2D eigenvalue weighted by molar-refractivity contribution is 5.69. The molecule has 18 heavy (non-hydrogen) atoms. The Morgan fingerprint density at radius 2 is 2.06 bits per heavy atom. The Labute approximate surface area is 108 Å². The number of amides is 1. The molecule has 5 nitrogen and oxygen atoms in total. The fraction of sp³-hybridized carbons (Fsp3) is 0.692. The van der Waals surface area contributed by atoms with E-state index in [1.807, 2.05) is 39.4 Å². The fourth-order valence-electron chi connectivity index (χ4n) is 1.93. The van der Waals surface area contributed by atoms with Gasteiger partial charge in [0.05, 0.1) is 5.69 Å². The molecule has 0 spiro atoms. The fourth-order valence-corrected chi connectivity index (χ4v) is 1.93. The van der Waals surface area contributed by atoms with Gasteiger partial charge < -0.3 is 9.64 Å². The second-order valence-corrected chi connectivity index (χ2v) is 5.92. The lowest BCUT2D eigenvalue weighted by Gasteiger charge is -2.38. The molecule has 0 N–H and O–H groups in total. The Kier molecular flexibility index (Phi) is 3.09. The molecule has 1 aliphatic heterocycles. The van der Waals surface area contributed by atoms with Gasteiger partial charge >= 0.3 is 6.09 Å². The Bertz CT molecular complexity index is 434. The molecule has 1 amide bonds. The number of likely N-dealkylation sites (tertiary alicyclic amines) is 1. The normalized spacial score (nSPS) is 16.6. The van der Waals surface area contributed by atoms with Crippen molar-refractivity contribution in [3.05, 3.63) is 17.5 Å². The van der Waals surface area contributed by atoms with E-state index in [1.165, 1.54) is 0 Å². The Hall–Kier alpha value is -1.52. The van der Waals surface area contributed by atoms with E-state index in [0.29, 0.717) is 19.0 Å². The van der Waals surface area contributed by atoms with E-state index in [1.54, 1.807) is 4.90 Å². The van der Waals surface area contributed by atoms with E-state index in [0.717, 1.165) is 11.4 Å². The quantitative estimate of drug-likeness (QED) is 0.767. The molecule has 100 valence electrons. The predicted octanol–water partition coefficient (Wildman–Crippen LogP) is 2.06. The molecule has 0 saturated carbocycles. The van der Waals surface area contributed by atoms with Crippen LogP contribution in [-0.4, -0.2) is 39.5 Å². The van der Waals surface area contributed by atoms with Crippen molar-refractivity contribution in [1.82, 2.24) is 14.7 Å². The van der Waals surface area contributed by atoms with Crippen molar-refractivity contribution in [3.63, 3.8) is 0 Å². The van der Waals surface area contributed by atoms with Gasteiger partial charge in [-0.15, -0.1) is 0 Å². The Morgan fingerprint density at radius 3 is 2.50 bits per heavy atom. The number of hydrogen-bond donors (Lipinski definition) is 0. The standard InChI is InChI=1S/C13H21N3O2/c1-9-6-11(14-15(9)5)10-7-16(8-10)12(17)18-13(2,3)4/h6,10H,7-8H2,1-5H3. The highest BCUT2D eigenvalue weighted by Gasteiger charge is 2.35. The number of rotatable bonds is 1. The van der Waals surface area contributed by atoms with Crippen molar-refractivity contribution in [2.45, 2.75) is 39.2 Å². The molecule has 0 aromatic carbocycles. The zero-order valence-corrected chi connectivity index (χ0v) is 11.7. The Morgan fingerprint density at radius 1 is 1.44 bits per heavy atom. The van der Waals surface area contributed by atoms with Crippen LogP contribution in [0.15, 0.2) is 6.07 Å². The minimum atomic E-state index is -0.427. The number of hydrogen-bond acceptors (Lipinski definition) is 3. The van der Waals surface area contributed by atoms with Crippen molar-refractivity contribution >= 4 is 6.09 Å². The molecule has 1 aliphatic rings. The number of ether oxygens (including phenoxy) is 1. The van der Waals surface area contributed by atoms with Crippen molar-refractivity contribution in [1.29, 1.82) is 0 Å². The van der Waals surface area contributed by atoms with Gasteiger partial charge in [-0.25, -0.2) is 4.79 Å². The van der Waals surface area contributed by atoms with Crippen molar-refractivity contribution in [2.24, 2.45) is 7.05 Å². The van der Waals surface area contributed by atoms with Gasteiger partial charge in [0.25, 0.3) is 0 Å². The van der Waals surface area contributed by atoms with Crippen LogP contribution >= 0.6 is 0 Å². The first-order valence-electron chi connectivity index (χ1n) is 6.25. The maximum absolute atomic E-state index is 11.8. The van der Waals surface area contributed by atoms with Crippen LogP contribution in [0.5, 0.6) is 0 Å². The third-order valence-electron chi connectivity index (χ3n) is 3.08. The maximum Gasteiger partial charge on any atom is 0.410 e. The van der Waals surface area contributed by atoms with E-state index >= 15 is 0 Å². The molecular weight excluding hydrogens is 230 g/mol. The van der Waals surface area contributed by atoms with Crippen LogP contribution < -0.4 is 0 Å². The van der Waals surface area contributed by atoms with Crippen molar-refractivity contribution in [3.8, 4) is 0 Å². The summed E-state index contributed by atoms with van der Waals surface area (Å²) in [5.74, 6) is 0.345. The van der Waals surface area contributed by atoms with Crippen LogP contribution in [0.3, 0.4) is 0 Å². The zero-order chi connectivity index (χ0) is 13.5. The summed E-state index contributed by atoms with van der Waals surface area (Å²) in [5.41, 5.74) is 1.78. The van der Waals surface area contributed by atoms with E-state index in [2.05, 4.69) is 11.2 Å². The second-order valence-electron chi connectivity index (χ2n) is 5.92. The minimum absolute atomic E-state index is 0.230.